The Kier molecular flexibility index (Phi) is 11.6. The molecule has 0 unspecified atom stereocenters. The lowest BCUT2D eigenvalue weighted by Gasteiger charge is -2.04. The molecule has 7 aromatic carbocycles. The molecule has 0 amide bonds. The van der Waals surface area contributed by atoms with Crippen LogP contribution in [0.5, 0.6) is 0 Å². The predicted octanol–water partition coefficient (Wildman–Crippen LogP) is 22.0. The second kappa shape index (κ2) is 19.7. The van der Waals surface area contributed by atoms with E-state index in [9.17, 15) is 0 Å². The van der Waals surface area contributed by atoms with Crippen LogP contribution in [-0.4, -0.2) is 35.4 Å². The smallest absolute Gasteiger partial charge is 0.114 e. The van der Waals surface area contributed by atoms with Gasteiger partial charge in [0.15, 0.2) is 0 Å². The average Bonchev–Trinajstić information content (AvgIpc) is 4.51. The van der Waals surface area contributed by atoms with Crippen LogP contribution in [0.15, 0.2) is 194 Å². The summed E-state index contributed by atoms with van der Waals surface area (Å²) >= 11 is 14.6. The van der Waals surface area contributed by atoms with Gasteiger partial charge >= 0.3 is 0 Å². The van der Waals surface area contributed by atoms with Crippen LogP contribution in [-0.2, 0) is 14.1 Å². The van der Waals surface area contributed by atoms with E-state index < -0.39 is 0 Å². The summed E-state index contributed by atoms with van der Waals surface area (Å²) in [4.78, 5) is 14.4. The fraction of sp³-hybridized carbons (Fsp3) is 0.0294. The number of aryl methyl sites for hydroxylation is 2. The van der Waals surface area contributed by atoms with E-state index in [2.05, 4.69) is 217 Å². The van der Waals surface area contributed by atoms with Gasteiger partial charge in [0.25, 0.3) is 0 Å². The quantitative estimate of drug-likeness (QED) is 0.136. The van der Waals surface area contributed by atoms with E-state index in [1.165, 1.54) is 148 Å². The van der Waals surface area contributed by atoms with E-state index in [0.717, 1.165) is 66.5 Å². The molecule has 0 bridgehead atoms. The van der Waals surface area contributed by atoms with Crippen LogP contribution in [0.1, 0.15) is 0 Å². The van der Waals surface area contributed by atoms with Gasteiger partial charge in [-0.15, -0.1) is 68.0 Å². The number of hydrogen-bond donors (Lipinski definition) is 0. The molecule has 85 heavy (non-hydrogen) atoms. The van der Waals surface area contributed by atoms with Crippen molar-refractivity contribution in [1.29, 1.82) is 0 Å². The third-order valence-corrected chi connectivity index (χ3v) is 25.1. The molecule has 0 fully saturated rings. The maximum Gasteiger partial charge on any atom is 0.114 e. The highest BCUT2D eigenvalue weighted by Crippen LogP contribution is 2.49. The first-order valence-corrected chi connectivity index (χ1v) is 34.3. The van der Waals surface area contributed by atoms with Gasteiger partial charge in [0, 0.05) is 150 Å². The van der Waals surface area contributed by atoms with Crippen LogP contribution in [0.3, 0.4) is 0 Å². The summed E-state index contributed by atoms with van der Waals surface area (Å²) in [6.07, 6.45) is 0. The van der Waals surface area contributed by atoms with Gasteiger partial charge in [-0.05, 0) is 120 Å². The first-order valence-electron chi connectivity index (χ1n) is 27.3. The molecule has 0 aliphatic heterocycles. The fourth-order valence-electron chi connectivity index (χ4n) is 12.2. The van der Waals surface area contributed by atoms with E-state index in [1.54, 1.807) is 68.0 Å². The summed E-state index contributed by atoms with van der Waals surface area (Å²) in [5.74, 6) is 0. The molecule has 0 saturated carbocycles. The van der Waals surface area contributed by atoms with Crippen molar-refractivity contribution < 1.29 is 0 Å². The average molecular weight is 1260 g/mol. The third-order valence-electron chi connectivity index (χ3n) is 16.4. The summed E-state index contributed by atoms with van der Waals surface area (Å²) < 4.78 is 33.9. The number of aromatic nitrogens is 8. The van der Waals surface area contributed by atoms with Crippen LogP contribution in [0.2, 0.25) is 0 Å². The fourth-order valence-corrected chi connectivity index (χ4v) is 20.3. The Morgan fingerprint density at radius 3 is 0.788 bits per heavy atom. The van der Waals surface area contributed by atoms with Crippen LogP contribution in [0.25, 0.3) is 180 Å². The zero-order chi connectivity index (χ0) is 56.0. The molecule has 11 heterocycles. The molecular formula is C68H38N8S9. The number of benzene rings is 7. The van der Waals surface area contributed by atoms with Crippen molar-refractivity contribution >= 4 is 180 Å². The molecule has 0 aliphatic rings. The van der Waals surface area contributed by atoms with E-state index in [1.807, 2.05) is 0 Å². The van der Waals surface area contributed by atoms with Crippen molar-refractivity contribution in [2.24, 2.45) is 14.1 Å². The molecule has 18 rings (SSSR count). The SMILES string of the molecule is Cn1c2ccccc2c2cc(-c3ccc(-c4ccc(-c5ccc(-c6ccc(-c7ccc(-c8ccc(-c9ccc(-c%10ccc(-c%11ccc(-c%12ccc%13c(c%12)c%12ccccc%12n%13C)s%11)c%11nsnc%10%11)s9)s8)c8nsnc78)s6)s5)c5nsnc45)s3)ccc21. The molecule has 0 N–H and O–H groups in total. The maximum atomic E-state index is 4.90. The summed E-state index contributed by atoms with van der Waals surface area (Å²) in [6.45, 7) is 0. The van der Waals surface area contributed by atoms with Gasteiger partial charge in [-0.1, -0.05) is 84.9 Å². The highest BCUT2D eigenvalue weighted by molar-refractivity contribution is 7.26. The topological polar surface area (TPSA) is 87.2 Å². The number of rotatable bonds is 10. The third kappa shape index (κ3) is 8.03. The predicted molar refractivity (Wildman–Crippen MR) is 369 cm³/mol. The van der Waals surface area contributed by atoms with Crippen LogP contribution >= 0.6 is 103 Å². The molecule has 8 nitrogen and oxygen atoms in total. The molecule has 0 atom stereocenters. The molecule has 404 valence electrons. The normalized spacial score (nSPS) is 12.1. The van der Waals surface area contributed by atoms with Crippen LogP contribution < -0.4 is 0 Å². The molecule has 18 aromatic rings. The van der Waals surface area contributed by atoms with E-state index in [0.29, 0.717) is 0 Å². The Hall–Kier alpha value is -8.20. The molecule has 11 aromatic heterocycles. The summed E-state index contributed by atoms with van der Waals surface area (Å²) in [7, 11) is 4.29. The first-order chi connectivity index (χ1) is 41.9. The summed E-state index contributed by atoms with van der Waals surface area (Å²) in [6, 6.07) is 71.1. The number of nitrogens with zero attached hydrogens (tertiary/aromatic N) is 8. The standard InChI is InChI=1S/C68H38N8S9/c1-75-47-9-5-3-7-37(47)45-33-35(11-19-49(45)75)51-21-23-53(77-51)39-13-15-41(65-63(39)69-83-71-65)55-25-29-59(79-55)61-31-27-57(81-61)43-17-18-44(68-67(43)73-85-74-68)58-28-32-62(82-58)60-30-26-56(80-60)42-16-14-40(64-66(42)72-84-70-64)54-24-22-52(78-54)36-12-20-50-46(34-36)38-8-4-6-10-48(38)76(50)2/h3-34H,1-2H3. The van der Waals surface area contributed by atoms with Gasteiger partial charge in [-0.3, -0.25) is 0 Å². The zero-order valence-electron chi connectivity index (χ0n) is 44.7. The minimum atomic E-state index is 0.934. The molecule has 0 radical (unpaired) electrons. The molecule has 17 heteroatoms. The highest BCUT2D eigenvalue weighted by Gasteiger charge is 2.23. The van der Waals surface area contributed by atoms with Gasteiger partial charge in [0.1, 0.15) is 33.1 Å². The van der Waals surface area contributed by atoms with Crippen molar-refractivity contribution in [1.82, 2.24) is 35.4 Å². The second-order valence-corrected chi connectivity index (χ2v) is 29.1. The van der Waals surface area contributed by atoms with Crippen molar-refractivity contribution in [3.05, 3.63) is 194 Å². The zero-order valence-corrected chi connectivity index (χ0v) is 52.1. The van der Waals surface area contributed by atoms with E-state index >= 15 is 0 Å². The monoisotopic (exact) mass is 1250 g/mol. The lowest BCUT2D eigenvalue weighted by molar-refractivity contribution is 1.01. The first kappa shape index (κ1) is 50.2. The Morgan fingerprint density at radius 2 is 0.482 bits per heavy atom. The number of thiophene rings is 6. The minimum absolute atomic E-state index is 0.934. The van der Waals surface area contributed by atoms with Gasteiger partial charge < -0.3 is 9.13 Å². The molecule has 0 aliphatic carbocycles. The van der Waals surface area contributed by atoms with Crippen molar-refractivity contribution in [2.45, 2.75) is 0 Å². The van der Waals surface area contributed by atoms with Gasteiger partial charge in [-0.2, -0.15) is 26.2 Å². The molecule has 0 spiro atoms. The minimum Gasteiger partial charge on any atom is -0.344 e. The Morgan fingerprint density at radius 1 is 0.235 bits per heavy atom. The Bertz CT molecular complexity index is 5350. The summed E-state index contributed by atoms with van der Waals surface area (Å²) in [5.41, 5.74) is 19.7. The number of fused-ring (bicyclic) bond motifs is 9. The number of hydrogen-bond acceptors (Lipinski definition) is 15. The molecular weight excluding hydrogens is 1220 g/mol. The number of para-hydroxylation sites is 2. The second-order valence-electron chi connectivity index (χ2n) is 21.0. The Balaban J connectivity index is 0.583. The highest BCUT2D eigenvalue weighted by atomic mass is 32.1. The molecule has 0 saturated heterocycles. The Labute approximate surface area is 521 Å². The largest absolute Gasteiger partial charge is 0.344 e. The van der Waals surface area contributed by atoms with Gasteiger partial charge in [0.05, 0.1) is 35.2 Å². The maximum absolute atomic E-state index is 4.90. The van der Waals surface area contributed by atoms with Crippen molar-refractivity contribution in [2.75, 3.05) is 0 Å². The van der Waals surface area contributed by atoms with Crippen LogP contribution in [0.4, 0.5) is 0 Å². The van der Waals surface area contributed by atoms with Gasteiger partial charge in [0.2, 0.25) is 0 Å². The van der Waals surface area contributed by atoms with Crippen molar-refractivity contribution in [3.8, 4) is 103 Å². The van der Waals surface area contributed by atoms with Gasteiger partial charge in [-0.25, -0.2) is 0 Å². The van der Waals surface area contributed by atoms with E-state index in [-0.39, 0.29) is 0 Å². The van der Waals surface area contributed by atoms with E-state index in [4.69, 9.17) is 26.2 Å². The summed E-state index contributed by atoms with van der Waals surface area (Å²) in [5, 5.41) is 5.11. The lowest BCUT2D eigenvalue weighted by Crippen LogP contribution is -1.85. The van der Waals surface area contributed by atoms with Crippen LogP contribution in [0, 0.1) is 0 Å². The lowest BCUT2D eigenvalue weighted by atomic mass is 10.1. The van der Waals surface area contributed by atoms with Crippen molar-refractivity contribution in [3.63, 3.8) is 0 Å².